The molecule has 4 rings (SSSR count). The fraction of sp³-hybridized carbons (Fsp3) is 0.227. The predicted octanol–water partition coefficient (Wildman–Crippen LogP) is 3.71. The molecule has 0 saturated carbocycles. The highest BCUT2D eigenvalue weighted by molar-refractivity contribution is 5.79. The molecule has 3 heterocycles. The summed E-state index contributed by atoms with van der Waals surface area (Å²) in [6, 6.07) is 13.5. The van der Waals surface area contributed by atoms with E-state index in [-0.39, 0.29) is 5.56 Å². The van der Waals surface area contributed by atoms with Crippen LogP contribution < -0.4 is 10.3 Å². The molecule has 0 atom stereocenters. The molecule has 0 amide bonds. The minimum atomic E-state index is -0.0551. The van der Waals surface area contributed by atoms with Gasteiger partial charge in [-0.05, 0) is 44.9 Å². The van der Waals surface area contributed by atoms with Crippen molar-refractivity contribution in [2.45, 2.75) is 26.7 Å². The third-order valence-electron chi connectivity index (χ3n) is 4.79. The number of ether oxygens (including phenoxy) is 1. The number of aromatic amines is 1. The van der Waals surface area contributed by atoms with Crippen molar-refractivity contribution in [3.63, 3.8) is 0 Å². The molecule has 6 heteroatoms. The minimum Gasteiger partial charge on any atom is -0.494 e. The van der Waals surface area contributed by atoms with Gasteiger partial charge in [0.25, 0.3) is 5.56 Å². The number of benzene rings is 1. The summed E-state index contributed by atoms with van der Waals surface area (Å²) in [6.45, 7) is 4.39. The number of H-pyrrole nitrogens is 1. The number of pyridine rings is 1. The van der Waals surface area contributed by atoms with E-state index in [4.69, 9.17) is 9.72 Å². The van der Waals surface area contributed by atoms with Crippen LogP contribution in [0.25, 0.3) is 16.8 Å². The quantitative estimate of drug-likeness (QED) is 0.522. The molecule has 3 aromatic heterocycles. The van der Waals surface area contributed by atoms with Crippen molar-refractivity contribution in [2.24, 2.45) is 0 Å². The van der Waals surface area contributed by atoms with E-state index in [0.717, 1.165) is 34.7 Å². The number of rotatable bonds is 6. The minimum absolute atomic E-state index is 0.0551. The second-order valence-electron chi connectivity index (χ2n) is 6.76. The molecule has 142 valence electrons. The summed E-state index contributed by atoms with van der Waals surface area (Å²) in [7, 11) is 0. The molecule has 0 bridgehead atoms. The van der Waals surface area contributed by atoms with Crippen LogP contribution in [0.2, 0.25) is 0 Å². The van der Waals surface area contributed by atoms with Gasteiger partial charge in [-0.25, -0.2) is 9.50 Å². The molecule has 0 aliphatic carbocycles. The third-order valence-corrected chi connectivity index (χ3v) is 4.79. The first-order valence-electron chi connectivity index (χ1n) is 9.34. The van der Waals surface area contributed by atoms with E-state index in [1.54, 1.807) is 12.4 Å². The highest BCUT2D eigenvalue weighted by atomic mass is 16.5. The average Bonchev–Trinajstić information content (AvgIpc) is 3.04. The smallest absolute Gasteiger partial charge is 0.276 e. The predicted molar refractivity (Wildman–Crippen MR) is 109 cm³/mol. The Morgan fingerprint density at radius 2 is 1.93 bits per heavy atom. The van der Waals surface area contributed by atoms with Crippen molar-refractivity contribution in [1.29, 1.82) is 0 Å². The molecule has 1 aromatic carbocycles. The van der Waals surface area contributed by atoms with Gasteiger partial charge in [0, 0.05) is 40.5 Å². The van der Waals surface area contributed by atoms with Crippen molar-refractivity contribution in [2.75, 3.05) is 6.61 Å². The van der Waals surface area contributed by atoms with Gasteiger partial charge in [-0.2, -0.15) is 0 Å². The Kier molecular flexibility index (Phi) is 4.93. The van der Waals surface area contributed by atoms with Crippen molar-refractivity contribution >= 4 is 5.65 Å². The number of aromatic nitrogens is 4. The van der Waals surface area contributed by atoms with Crippen LogP contribution in [0.3, 0.4) is 0 Å². The van der Waals surface area contributed by atoms with Crippen LogP contribution >= 0.6 is 0 Å². The van der Waals surface area contributed by atoms with Gasteiger partial charge in [0.15, 0.2) is 5.65 Å². The maximum atomic E-state index is 13.0. The lowest BCUT2D eigenvalue weighted by atomic mass is 10.1. The summed E-state index contributed by atoms with van der Waals surface area (Å²) in [6.07, 6.45) is 4.88. The molecule has 0 aliphatic heterocycles. The lowest BCUT2D eigenvalue weighted by Gasteiger charge is -2.08. The van der Waals surface area contributed by atoms with Crippen molar-refractivity contribution < 1.29 is 4.74 Å². The largest absolute Gasteiger partial charge is 0.494 e. The van der Waals surface area contributed by atoms with Gasteiger partial charge < -0.3 is 4.74 Å². The zero-order valence-electron chi connectivity index (χ0n) is 16.0. The molecule has 28 heavy (non-hydrogen) atoms. The van der Waals surface area contributed by atoms with Crippen molar-refractivity contribution in [3.05, 3.63) is 82.2 Å². The first kappa shape index (κ1) is 18.0. The summed E-state index contributed by atoms with van der Waals surface area (Å²) < 4.78 is 7.27. The van der Waals surface area contributed by atoms with E-state index >= 15 is 0 Å². The third kappa shape index (κ3) is 3.41. The van der Waals surface area contributed by atoms with Crippen LogP contribution in [0.1, 0.15) is 23.4 Å². The highest BCUT2D eigenvalue weighted by Gasteiger charge is 2.17. The van der Waals surface area contributed by atoms with Crippen LogP contribution in [-0.4, -0.2) is 26.2 Å². The number of para-hydroxylation sites is 1. The maximum Gasteiger partial charge on any atom is 0.276 e. The van der Waals surface area contributed by atoms with Crippen LogP contribution in [0.15, 0.2) is 59.7 Å². The molecular formula is C22H22N4O2. The average molecular weight is 374 g/mol. The van der Waals surface area contributed by atoms with Crippen LogP contribution in [0.4, 0.5) is 0 Å². The molecule has 0 radical (unpaired) electrons. The SMILES string of the molecule is Cc1nc2c(-c3cccnc3)c(C)[nH]n2c(=O)c1CCCOc1ccccc1. The molecule has 6 nitrogen and oxygen atoms in total. The molecule has 4 aromatic rings. The van der Waals surface area contributed by atoms with Crippen molar-refractivity contribution in [3.8, 4) is 16.9 Å². The fourth-order valence-electron chi connectivity index (χ4n) is 3.42. The van der Waals surface area contributed by atoms with Gasteiger partial charge in [0.05, 0.1) is 6.61 Å². The number of nitrogens with zero attached hydrogens (tertiary/aromatic N) is 3. The van der Waals surface area contributed by atoms with Gasteiger partial charge in [-0.1, -0.05) is 24.3 Å². The summed E-state index contributed by atoms with van der Waals surface area (Å²) in [5.74, 6) is 0.839. The van der Waals surface area contributed by atoms with E-state index < -0.39 is 0 Å². The summed E-state index contributed by atoms with van der Waals surface area (Å²) >= 11 is 0. The fourth-order valence-corrected chi connectivity index (χ4v) is 3.42. The van der Waals surface area contributed by atoms with E-state index in [0.29, 0.717) is 24.2 Å². The topological polar surface area (TPSA) is 72.3 Å². The molecule has 0 spiro atoms. The monoisotopic (exact) mass is 374 g/mol. The van der Waals surface area contributed by atoms with E-state index in [2.05, 4.69) is 10.1 Å². The van der Waals surface area contributed by atoms with E-state index in [1.807, 2.05) is 56.3 Å². The van der Waals surface area contributed by atoms with Gasteiger partial charge in [-0.3, -0.25) is 14.9 Å². The van der Waals surface area contributed by atoms with E-state index in [1.165, 1.54) is 4.52 Å². The molecule has 0 unspecified atom stereocenters. The van der Waals surface area contributed by atoms with Crippen LogP contribution in [0, 0.1) is 13.8 Å². The molecule has 0 saturated heterocycles. The van der Waals surface area contributed by atoms with Gasteiger partial charge in [0.2, 0.25) is 0 Å². The number of hydrogen-bond donors (Lipinski definition) is 1. The zero-order chi connectivity index (χ0) is 19.5. The number of nitrogens with one attached hydrogen (secondary N) is 1. The number of fused-ring (bicyclic) bond motifs is 1. The molecular weight excluding hydrogens is 352 g/mol. The number of hydrogen-bond acceptors (Lipinski definition) is 4. The maximum absolute atomic E-state index is 13.0. The highest BCUT2D eigenvalue weighted by Crippen LogP contribution is 2.26. The Balaban J connectivity index is 1.59. The first-order chi connectivity index (χ1) is 13.6. The van der Waals surface area contributed by atoms with E-state index in [9.17, 15) is 4.79 Å². The second kappa shape index (κ2) is 7.68. The van der Waals surface area contributed by atoms with Crippen LogP contribution in [-0.2, 0) is 6.42 Å². The molecule has 0 fully saturated rings. The van der Waals surface area contributed by atoms with Crippen molar-refractivity contribution in [1.82, 2.24) is 19.6 Å². The van der Waals surface area contributed by atoms with Gasteiger partial charge in [-0.15, -0.1) is 0 Å². The first-order valence-corrected chi connectivity index (χ1v) is 9.34. The standard InChI is InChI=1S/C22H22N4O2/c1-15-19(11-7-13-28-18-9-4-3-5-10-18)22(27)26-21(24-15)20(16(2)25-26)17-8-6-12-23-14-17/h3-6,8-10,12,14,25H,7,11,13H2,1-2H3. The second-order valence-corrected chi connectivity index (χ2v) is 6.76. The lowest BCUT2D eigenvalue weighted by molar-refractivity contribution is 0.310. The summed E-state index contributed by atoms with van der Waals surface area (Å²) in [5.41, 5.74) is 4.79. The lowest BCUT2D eigenvalue weighted by Crippen LogP contribution is -2.22. The Labute approximate surface area is 162 Å². The Bertz CT molecular complexity index is 1150. The summed E-state index contributed by atoms with van der Waals surface area (Å²) in [5, 5.41) is 3.16. The Morgan fingerprint density at radius 3 is 2.68 bits per heavy atom. The number of aryl methyl sites for hydroxylation is 2. The Hall–Kier alpha value is -3.41. The van der Waals surface area contributed by atoms with Gasteiger partial charge in [0.1, 0.15) is 5.75 Å². The van der Waals surface area contributed by atoms with Crippen LogP contribution in [0.5, 0.6) is 5.75 Å². The molecule has 0 aliphatic rings. The van der Waals surface area contributed by atoms with Gasteiger partial charge >= 0.3 is 0 Å². The molecule has 1 N–H and O–H groups in total. The zero-order valence-corrected chi connectivity index (χ0v) is 16.0. The Morgan fingerprint density at radius 1 is 1.11 bits per heavy atom. The summed E-state index contributed by atoms with van der Waals surface area (Å²) in [4.78, 5) is 22.0. The normalized spacial score (nSPS) is 11.1.